The lowest BCUT2D eigenvalue weighted by atomic mass is 10.0. The molecular formula is C13H15NO3S. The van der Waals surface area contributed by atoms with Crippen LogP contribution in [-0.4, -0.2) is 23.8 Å². The minimum Gasteiger partial charge on any atom is -0.464 e. The normalized spacial score (nSPS) is 11.2. The van der Waals surface area contributed by atoms with Crippen molar-refractivity contribution in [2.45, 2.75) is 20.8 Å². The largest absolute Gasteiger partial charge is 0.464 e. The average molecular weight is 265 g/mol. The van der Waals surface area contributed by atoms with E-state index >= 15 is 0 Å². The number of fused-ring (bicyclic) bond motifs is 1. The van der Waals surface area contributed by atoms with Crippen LogP contribution in [0.5, 0.6) is 0 Å². The number of esters is 1. The number of ether oxygens (including phenoxy) is 1. The van der Waals surface area contributed by atoms with Gasteiger partial charge in [0.2, 0.25) is 0 Å². The average Bonchev–Trinajstić information content (AvgIpc) is 2.83. The second-order valence-electron chi connectivity index (χ2n) is 4.47. The predicted octanol–water partition coefficient (Wildman–Crippen LogP) is 3.16. The Labute approximate surface area is 109 Å². The second kappa shape index (κ2) is 4.57. The molecule has 2 aromatic rings. The van der Waals surface area contributed by atoms with Crippen molar-refractivity contribution in [1.82, 2.24) is 4.98 Å². The van der Waals surface area contributed by atoms with Gasteiger partial charge in [-0.2, -0.15) is 0 Å². The number of aromatic amines is 1. The third-order valence-electron chi connectivity index (χ3n) is 2.82. The quantitative estimate of drug-likeness (QED) is 0.685. The summed E-state index contributed by atoms with van der Waals surface area (Å²) in [5, 5.41) is 0. The monoisotopic (exact) mass is 265 g/mol. The number of thiophene rings is 1. The molecule has 0 saturated carbocycles. The molecule has 0 fully saturated rings. The molecule has 0 unspecified atom stereocenters. The summed E-state index contributed by atoms with van der Waals surface area (Å²) < 4.78 is 5.58. The molecule has 2 rings (SSSR count). The van der Waals surface area contributed by atoms with Crippen LogP contribution < -0.4 is 0 Å². The van der Waals surface area contributed by atoms with E-state index in [9.17, 15) is 9.59 Å². The number of Topliss-reactive ketones (excluding diaryl/α,β-unsaturated/α-hetero) is 1. The molecule has 0 spiro atoms. The molecule has 0 amide bonds. The fourth-order valence-corrected chi connectivity index (χ4v) is 2.97. The van der Waals surface area contributed by atoms with Gasteiger partial charge in [0, 0.05) is 10.8 Å². The van der Waals surface area contributed by atoms with E-state index in [0.29, 0.717) is 11.3 Å². The molecule has 0 aliphatic rings. The van der Waals surface area contributed by atoms with E-state index in [0.717, 1.165) is 15.1 Å². The smallest absolute Gasteiger partial charge is 0.354 e. The van der Waals surface area contributed by atoms with Crippen molar-refractivity contribution in [1.29, 1.82) is 0 Å². The van der Waals surface area contributed by atoms with Crippen LogP contribution in [0.25, 0.3) is 10.2 Å². The highest BCUT2D eigenvalue weighted by atomic mass is 32.1. The van der Waals surface area contributed by atoms with Crippen molar-refractivity contribution >= 4 is 33.3 Å². The van der Waals surface area contributed by atoms with Crippen molar-refractivity contribution in [3.8, 4) is 0 Å². The zero-order chi connectivity index (χ0) is 13.4. The number of H-pyrrole nitrogens is 1. The maximum Gasteiger partial charge on any atom is 0.354 e. The first-order valence-electron chi connectivity index (χ1n) is 5.70. The van der Waals surface area contributed by atoms with Crippen LogP contribution in [-0.2, 0) is 4.74 Å². The maximum absolute atomic E-state index is 12.2. The van der Waals surface area contributed by atoms with E-state index in [-0.39, 0.29) is 11.7 Å². The van der Waals surface area contributed by atoms with Crippen molar-refractivity contribution in [2.24, 2.45) is 5.92 Å². The Kier molecular flexibility index (Phi) is 3.26. The number of rotatable bonds is 3. The van der Waals surface area contributed by atoms with Gasteiger partial charge in [-0.25, -0.2) is 4.79 Å². The Morgan fingerprint density at radius 1 is 1.39 bits per heavy atom. The number of hydrogen-bond donors (Lipinski definition) is 1. The molecule has 0 bridgehead atoms. The first-order chi connectivity index (χ1) is 8.45. The summed E-state index contributed by atoms with van der Waals surface area (Å²) in [6, 6.07) is 1.73. The van der Waals surface area contributed by atoms with E-state index in [1.54, 1.807) is 6.07 Å². The van der Waals surface area contributed by atoms with E-state index in [2.05, 4.69) is 9.72 Å². The minimum absolute atomic E-state index is 0.0635. The van der Waals surface area contributed by atoms with Crippen molar-refractivity contribution in [3.63, 3.8) is 0 Å². The fraction of sp³-hybridized carbons (Fsp3) is 0.385. The standard InChI is InChI=1S/C13H15NO3S/c1-6(2)12(15)10-7(3)18-9-5-8(13(16)17-4)14-11(9)10/h5-6,14H,1-4H3. The van der Waals surface area contributed by atoms with Crippen molar-refractivity contribution in [3.05, 3.63) is 22.2 Å². The van der Waals surface area contributed by atoms with Crippen LogP contribution in [0, 0.1) is 12.8 Å². The summed E-state index contributed by atoms with van der Waals surface area (Å²) in [4.78, 5) is 27.6. The van der Waals surface area contributed by atoms with Gasteiger partial charge in [-0.15, -0.1) is 11.3 Å². The number of carbonyl (C=O) groups is 2. The number of aryl methyl sites for hydroxylation is 1. The molecule has 4 nitrogen and oxygen atoms in total. The molecule has 1 N–H and O–H groups in total. The van der Waals surface area contributed by atoms with Gasteiger partial charge in [0.05, 0.1) is 22.9 Å². The van der Waals surface area contributed by atoms with Crippen molar-refractivity contribution < 1.29 is 14.3 Å². The summed E-state index contributed by atoms with van der Waals surface area (Å²) >= 11 is 1.51. The molecule has 0 aromatic carbocycles. The summed E-state index contributed by atoms with van der Waals surface area (Å²) in [5.41, 5.74) is 1.83. The summed E-state index contributed by atoms with van der Waals surface area (Å²) in [6.45, 7) is 5.66. The van der Waals surface area contributed by atoms with Gasteiger partial charge in [-0.3, -0.25) is 4.79 Å². The SMILES string of the molecule is COC(=O)c1cc2sc(C)c(C(=O)C(C)C)c2[nH]1. The van der Waals surface area contributed by atoms with Gasteiger partial charge in [0.25, 0.3) is 0 Å². The third-order valence-corrected chi connectivity index (χ3v) is 3.87. The molecule has 0 saturated heterocycles. The Hall–Kier alpha value is -1.62. The number of aromatic nitrogens is 1. The highest BCUT2D eigenvalue weighted by molar-refractivity contribution is 7.19. The molecule has 0 radical (unpaired) electrons. The molecule has 96 valence electrons. The third kappa shape index (κ3) is 1.95. The first-order valence-corrected chi connectivity index (χ1v) is 6.52. The van der Waals surface area contributed by atoms with E-state index < -0.39 is 5.97 Å². The number of carbonyl (C=O) groups excluding carboxylic acids is 2. The number of methoxy groups -OCH3 is 1. The van der Waals surface area contributed by atoms with E-state index in [4.69, 9.17) is 0 Å². The summed E-state index contributed by atoms with van der Waals surface area (Å²) in [6.07, 6.45) is 0. The summed E-state index contributed by atoms with van der Waals surface area (Å²) in [7, 11) is 1.34. The second-order valence-corrected chi connectivity index (χ2v) is 5.72. The zero-order valence-electron chi connectivity index (χ0n) is 10.8. The molecule has 18 heavy (non-hydrogen) atoms. The first kappa shape index (κ1) is 12.8. The van der Waals surface area contributed by atoms with Gasteiger partial charge in [0.15, 0.2) is 5.78 Å². The van der Waals surface area contributed by atoms with E-state index in [1.165, 1.54) is 18.4 Å². The Bertz CT molecular complexity index is 621. The Morgan fingerprint density at radius 2 is 2.06 bits per heavy atom. The van der Waals surface area contributed by atoms with Crippen LogP contribution in [0.1, 0.15) is 39.6 Å². The molecular weight excluding hydrogens is 250 g/mol. The minimum atomic E-state index is -0.418. The molecule has 2 heterocycles. The van der Waals surface area contributed by atoms with Crippen LogP contribution in [0.3, 0.4) is 0 Å². The molecule has 2 aromatic heterocycles. The van der Waals surface area contributed by atoms with E-state index in [1.807, 2.05) is 20.8 Å². The topological polar surface area (TPSA) is 59.2 Å². The molecule has 0 aliphatic heterocycles. The lowest BCUT2D eigenvalue weighted by Crippen LogP contribution is -2.08. The van der Waals surface area contributed by atoms with Crippen molar-refractivity contribution in [2.75, 3.05) is 7.11 Å². The van der Waals surface area contributed by atoms with Crippen LogP contribution >= 0.6 is 11.3 Å². The van der Waals surface area contributed by atoms with Gasteiger partial charge in [-0.1, -0.05) is 13.8 Å². The Balaban J connectivity index is 2.59. The zero-order valence-corrected chi connectivity index (χ0v) is 11.6. The van der Waals surface area contributed by atoms with Gasteiger partial charge in [0.1, 0.15) is 5.69 Å². The highest BCUT2D eigenvalue weighted by Gasteiger charge is 2.22. The Morgan fingerprint density at radius 3 is 2.61 bits per heavy atom. The lowest BCUT2D eigenvalue weighted by molar-refractivity contribution is 0.0595. The molecule has 5 heteroatoms. The van der Waals surface area contributed by atoms with Gasteiger partial charge < -0.3 is 9.72 Å². The fourth-order valence-electron chi connectivity index (χ4n) is 1.90. The van der Waals surface area contributed by atoms with Crippen LogP contribution in [0.4, 0.5) is 0 Å². The predicted molar refractivity (Wildman–Crippen MR) is 71.4 cm³/mol. The molecule has 0 aliphatic carbocycles. The number of nitrogens with one attached hydrogen (secondary N) is 1. The number of ketones is 1. The molecule has 0 atom stereocenters. The van der Waals surface area contributed by atoms with Gasteiger partial charge in [-0.05, 0) is 13.0 Å². The highest BCUT2D eigenvalue weighted by Crippen LogP contribution is 2.32. The van der Waals surface area contributed by atoms with Gasteiger partial charge >= 0.3 is 5.97 Å². The lowest BCUT2D eigenvalue weighted by Gasteiger charge is -2.03. The van der Waals surface area contributed by atoms with Crippen LogP contribution in [0.2, 0.25) is 0 Å². The number of hydrogen-bond acceptors (Lipinski definition) is 4. The summed E-state index contributed by atoms with van der Waals surface area (Å²) in [5.74, 6) is -0.387. The maximum atomic E-state index is 12.2. The van der Waals surface area contributed by atoms with Crippen LogP contribution in [0.15, 0.2) is 6.07 Å².